The van der Waals surface area contributed by atoms with Gasteiger partial charge in [-0.1, -0.05) is 183 Å². The number of benzene rings is 8. The van der Waals surface area contributed by atoms with Crippen LogP contribution in [0.5, 0.6) is 46.0 Å². The smallest absolute Gasteiger partial charge is 0.452 e. The summed E-state index contributed by atoms with van der Waals surface area (Å²) in [7, 11) is 12.6. The van der Waals surface area contributed by atoms with Crippen LogP contribution in [0.2, 0.25) is 0 Å². The molecule has 16 N–H and O–H groups in total. The van der Waals surface area contributed by atoms with Gasteiger partial charge in [-0.3, -0.25) is 13.9 Å². The van der Waals surface area contributed by atoms with E-state index in [0.717, 1.165) is 42.8 Å². The number of aromatic hydroxyl groups is 4. The van der Waals surface area contributed by atoms with Gasteiger partial charge in [0.2, 0.25) is 0 Å². The predicted octanol–water partition coefficient (Wildman–Crippen LogP) is 24.2. The molecule has 11 rings (SSSR count). The molecule has 0 fully saturated rings. The third-order valence-electron chi connectivity index (χ3n) is 14.0. The summed E-state index contributed by atoms with van der Waals surface area (Å²) in [4.78, 5) is 98.5. The standard InChI is InChI=1S/C20H18O3S3.C16H10O3S3.C11H14O3.C9H6OS3.2C7H6O3.3C6H13NO2.C3HCl2F3O.2CH5N.H2O4S/c1-20(2,3)23-16-7-5-4-6-15(16)19(21)22-14-10-8-13(9-11-14)17-12-18(24)26-25-17;17-13-4-2-1-3-12(13)16(18)19-11-7-5-10(6-8-11)14-9-15(20)22-21-14;1-11(2,3)14-9-7-5-4-6-8(9)10(12)13;10-7-3-1-6(2-4-7)8-5-9(11)13-12-8;2*8-6-4-2-1-3-5(6)7(9)10;3*1-6(2,3)9-5(8)7-4;4-2(5)1(9)3(6,7)8;2*1-2;1-5(2,3)4/h4-12H,1-3H3;1-9,17H;4-7H,1-3H3,(H,12,13);1-5,10H;2*1-4,8H,(H,9,10);3*1-4H3,(H,7,8);2H;2*2H2,1H3;(H2,1,2,3,4). The molecule has 32 nitrogen and oxygen atoms in total. The molecule has 0 atom stereocenters. The summed E-state index contributed by atoms with van der Waals surface area (Å²) >= 11 is 24.5. The maximum atomic E-state index is 12.6. The van der Waals surface area contributed by atoms with Gasteiger partial charge in [0.15, 0.2) is 4.84 Å². The predicted molar refractivity (Wildman–Crippen MR) is 553 cm³/mol. The highest BCUT2D eigenvalue weighted by Gasteiger charge is 2.42. The van der Waals surface area contributed by atoms with Crippen molar-refractivity contribution in [1.29, 1.82) is 0 Å². The molecule has 11 aromatic rings. The number of phenolic OH excluding ortho intramolecular Hbond substituents is 2. The molecule has 0 unspecified atom stereocenters. The fourth-order valence-corrected chi connectivity index (χ4v) is 16.1. The number of aromatic carboxylic acids is 3. The molecule has 0 saturated heterocycles. The minimum atomic E-state index is -4.92. The van der Waals surface area contributed by atoms with Crippen molar-refractivity contribution in [3.8, 4) is 77.3 Å². The van der Waals surface area contributed by atoms with Crippen molar-refractivity contribution in [2.24, 2.45) is 11.5 Å². The van der Waals surface area contributed by atoms with Gasteiger partial charge in [0.25, 0.3) is 5.78 Å². The van der Waals surface area contributed by atoms with Crippen LogP contribution in [-0.4, -0.2) is 181 Å². The van der Waals surface area contributed by atoms with Gasteiger partial charge in [0.1, 0.15) is 113 Å². The fraction of sp³-hybridized carbons (Fsp3) is 0.290. The number of hydrogen-bond acceptors (Lipinski definition) is 33. The van der Waals surface area contributed by atoms with Crippen LogP contribution >= 0.6 is 122 Å². The van der Waals surface area contributed by atoms with E-state index in [9.17, 15) is 61.4 Å². The Morgan fingerprint density at radius 1 is 0.364 bits per heavy atom. The maximum Gasteiger partial charge on any atom is 0.452 e. The van der Waals surface area contributed by atoms with Gasteiger partial charge in [-0.2, -0.15) is 21.6 Å². The molecule has 0 aliphatic heterocycles. The van der Waals surface area contributed by atoms with Gasteiger partial charge < -0.3 is 96.3 Å². The van der Waals surface area contributed by atoms with Crippen LogP contribution in [0.4, 0.5) is 27.6 Å². The Labute approximate surface area is 856 Å². The van der Waals surface area contributed by atoms with E-state index in [-0.39, 0.29) is 80.2 Å². The van der Waals surface area contributed by atoms with Crippen LogP contribution in [0, 0.1) is 11.5 Å². The average Bonchev–Trinajstić information content (AvgIpc) is 1.16. The minimum absolute atomic E-state index is 0.0671. The molecule has 140 heavy (non-hydrogen) atoms. The number of carbonyl (C=O) groups is 9. The molecular formula is C93H112Cl2F3N5O27S10. The van der Waals surface area contributed by atoms with E-state index in [1.165, 1.54) is 77.7 Å². The number of carbonyl (C=O) groups excluding carboxylic acids is 6. The third kappa shape index (κ3) is 60.4. The van der Waals surface area contributed by atoms with Gasteiger partial charge in [-0.25, -0.2) is 38.4 Å². The molecule has 0 bridgehead atoms. The number of para-hydroxylation sites is 5. The van der Waals surface area contributed by atoms with E-state index in [0.29, 0.717) is 34.3 Å². The number of rotatable bonds is 13. The number of hydrogen-bond donors (Lipinski definition) is 14. The first-order valence-corrected chi connectivity index (χ1v) is 50.0. The largest absolute Gasteiger partial charge is 0.508 e. The highest BCUT2D eigenvalue weighted by atomic mass is 35.5. The lowest BCUT2D eigenvalue weighted by Crippen LogP contribution is -2.30. The number of carboxylic acid groups (broad SMARTS) is 3. The second kappa shape index (κ2) is 64.6. The first-order valence-electron chi connectivity index (χ1n) is 40.1. The number of alkyl carbamates (subject to hydrolysis) is 3. The zero-order chi connectivity index (χ0) is 108. The van der Waals surface area contributed by atoms with E-state index in [1.54, 1.807) is 171 Å². The fourth-order valence-electron chi connectivity index (χ4n) is 8.62. The number of Topliss-reactive ketones (excluding diaryl/α,β-unsaturated/α-hetero) is 1. The Morgan fingerprint density at radius 2 is 0.600 bits per heavy atom. The average molecular weight is 2180 g/mol. The zero-order valence-electron chi connectivity index (χ0n) is 79.3. The highest BCUT2D eigenvalue weighted by molar-refractivity contribution is 7.81. The Balaban J connectivity index is 0. The lowest BCUT2D eigenvalue weighted by Gasteiger charge is -2.22. The normalized spacial score (nSPS) is 10.4. The zero-order valence-corrected chi connectivity index (χ0v) is 89.0. The van der Waals surface area contributed by atoms with Gasteiger partial charge in [0, 0.05) is 35.8 Å². The monoisotopic (exact) mass is 2180 g/mol. The van der Waals surface area contributed by atoms with Gasteiger partial charge in [0.05, 0.1) is 0 Å². The molecule has 47 heteroatoms. The summed E-state index contributed by atoms with van der Waals surface area (Å²) in [5.74, 6) is -4.71. The number of phenols is 4. The summed E-state index contributed by atoms with van der Waals surface area (Å²) < 4.78 is 104. The quantitative estimate of drug-likeness (QED) is 0.00969. The van der Waals surface area contributed by atoms with E-state index in [4.69, 9.17) is 118 Å². The SMILES string of the molecule is CC(C)(C)Oc1ccccc1C(=O)O.CC(C)(C)Oc1ccccc1C(=O)Oc1ccc(-c2cc(=S)ss2)cc1.CN.CN.CNC(=O)OC(C)(C)C.CNC(=O)OC(C)(C)C.CNC(=O)OC(C)(C)C.O=C(C(Cl)Cl)C(F)(F)F.O=C(O)c1ccccc1O.O=C(O)c1ccccc1O.O=C(Oc1ccc(-c2cc(=S)ss2)cc1)c1ccccc1O.O=S(=O)(O)O.Oc1ccc(-c2cc(=S)ss2)cc1. The van der Waals surface area contributed by atoms with Gasteiger partial charge in [-0.15, -0.1) is 0 Å². The number of nitrogens with one attached hydrogen (secondary N) is 3. The van der Waals surface area contributed by atoms with Gasteiger partial charge >= 0.3 is 64.7 Å². The Bertz CT molecular complexity index is 5850. The maximum absolute atomic E-state index is 12.6. The molecule has 766 valence electrons. The molecule has 3 heterocycles. The number of halogens is 5. The highest BCUT2D eigenvalue weighted by Crippen LogP contribution is 2.35. The van der Waals surface area contributed by atoms with Crippen molar-refractivity contribution in [2.75, 3.05) is 35.2 Å². The summed E-state index contributed by atoms with van der Waals surface area (Å²) in [6.45, 7) is 27.9. The van der Waals surface area contributed by atoms with Crippen molar-refractivity contribution < 1.29 is 143 Å². The van der Waals surface area contributed by atoms with E-state index in [1.807, 2.05) is 165 Å². The molecule has 0 aliphatic carbocycles. The van der Waals surface area contributed by atoms with Crippen LogP contribution in [0.25, 0.3) is 31.3 Å². The second-order valence-electron chi connectivity index (χ2n) is 31.1. The molecule has 0 radical (unpaired) electrons. The molecular weight excluding hydrogens is 2070 g/mol. The lowest BCUT2D eigenvalue weighted by molar-refractivity contribution is -0.169. The number of carboxylic acids is 3. The van der Waals surface area contributed by atoms with E-state index < -0.39 is 62.6 Å². The molecule has 3 amide bonds. The van der Waals surface area contributed by atoms with E-state index >= 15 is 0 Å². The number of ketones is 1. The minimum Gasteiger partial charge on any atom is -0.508 e. The van der Waals surface area contributed by atoms with Crippen LogP contribution in [0.15, 0.2) is 212 Å². The van der Waals surface area contributed by atoms with Crippen molar-refractivity contribution in [3.05, 3.63) is 252 Å². The molecule has 0 spiro atoms. The number of alkyl halides is 5. The van der Waals surface area contributed by atoms with Crippen molar-refractivity contribution in [2.45, 2.75) is 143 Å². The molecule has 0 aliphatic rings. The molecule has 0 saturated carbocycles. The second-order valence-corrected chi connectivity index (χ2v) is 41.8. The molecule has 3 aromatic heterocycles. The van der Waals surface area contributed by atoms with Crippen LogP contribution in [0.1, 0.15) is 156 Å². The van der Waals surface area contributed by atoms with Crippen LogP contribution in [0.3, 0.4) is 0 Å². The number of amides is 3. The van der Waals surface area contributed by atoms with Crippen LogP contribution < -0.4 is 46.4 Å². The molecule has 8 aromatic carbocycles. The number of esters is 2. The number of ether oxygens (including phenoxy) is 7. The topological polar surface area (TPSA) is 523 Å². The summed E-state index contributed by atoms with van der Waals surface area (Å²) in [5, 5.41) is 69.3. The Kier molecular flexibility index (Phi) is 60.2. The third-order valence-corrected chi connectivity index (χ3v) is 23.1. The van der Waals surface area contributed by atoms with Crippen molar-refractivity contribution in [3.63, 3.8) is 0 Å². The first kappa shape index (κ1) is 130. The van der Waals surface area contributed by atoms with Crippen molar-refractivity contribution in [1.82, 2.24) is 16.0 Å². The number of nitrogens with two attached hydrogens (primary N) is 2. The van der Waals surface area contributed by atoms with E-state index in [2.05, 4.69) is 50.6 Å². The van der Waals surface area contributed by atoms with Crippen LogP contribution in [-0.2, 0) is 29.4 Å². The van der Waals surface area contributed by atoms with Gasteiger partial charge in [-0.05, 0) is 286 Å². The first-order chi connectivity index (χ1) is 64.7. The Hall–Kier alpha value is -11.6. The van der Waals surface area contributed by atoms with Crippen molar-refractivity contribution >= 4 is 186 Å². The summed E-state index contributed by atoms with van der Waals surface area (Å²) in [6, 6.07) is 59.3. The Morgan fingerprint density at radius 3 is 0.807 bits per heavy atom. The summed E-state index contributed by atoms with van der Waals surface area (Å²) in [5.41, 5.74) is 10.8. The summed E-state index contributed by atoms with van der Waals surface area (Å²) in [6.07, 6.45) is -6.08. The lowest BCUT2D eigenvalue weighted by atomic mass is 10.1.